The van der Waals surface area contributed by atoms with Crippen molar-refractivity contribution in [1.29, 1.82) is 0 Å². The molecule has 32 heavy (non-hydrogen) atoms. The standard InChI is InChI=1S/C26H28ClN3O2/c1-17-4-5-18(2)30(17)24(31)12-13-26(19-6-8-20(27)9-7-19)23-11-10-21(32-3)16-22(23)25-28-14-15-29(25)26/h6-11,14-18H,4-5,12-13H2,1-3H3. The van der Waals surface area contributed by atoms with Crippen LogP contribution in [0.15, 0.2) is 54.9 Å². The van der Waals surface area contributed by atoms with Crippen molar-refractivity contribution < 1.29 is 9.53 Å². The van der Waals surface area contributed by atoms with Crippen LogP contribution in [0.2, 0.25) is 5.02 Å². The van der Waals surface area contributed by atoms with Gasteiger partial charge in [0.25, 0.3) is 0 Å². The summed E-state index contributed by atoms with van der Waals surface area (Å²) in [7, 11) is 1.67. The lowest BCUT2D eigenvalue weighted by atomic mass is 9.79. The monoisotopic (exact) mass is 449 g/mol. The van der Waals surface area contributed by atoms with Crippen LogP contribution in [0.1, 0.15) is 50.7 Å². The average Bonchev–Trinajstić information content (AvgIpc) is 3.47. The van der Waals surface area contributed by atoms with E-state index >= 15 is 0 Å². The van der Waals surface area contributed by atoms with Crippen LogP contribution in [-0.2, 0) is 10.3 Å². The number of fused-ring (bicyclic) bond motifs is 3. The lowest BCUT2D eigenvalue weighted by Gasteiger charge is -2.35. The van der Waals surface area contributed by atoms with Gasteiger partial charge in [-0.2, -0.15) is 0 Å². The number of likely N-dealkylation sites (tertiary alicyclic amines) is 1. The molecule has 1 aromatic heterocycles. The lowest BCUT2D eigenvalue weighted by Crippen LogP contribution is -2.40. The Labute approximate surface area is 194 Å². The molecule has 3 aromatic rings. The molecule has 0 bridgehead atoms. The van der Waals surface area contributed by atoms with Gasteiger partial charge in [0.1, 0.15) is 11.6 Å². The van der Waals surface area contributed by atoms with Crippen LogP contribution in [0.25, 0.3) is 11.4 Å². The fourth-order valence-corrected chi connectivity index (χ4v) is 5.79. The number of ether oxygens (including phenoxy) is 1. The molecule has 1 fully saturated rings. The summed E-state index contributed by atoms with van der Waals surface area (Å²) in [5.41, 5.74) is 2.75. The number of rotatable bonds is 5. The molecule has 0 aliphatic carbocycles. The molecule has 3 atom stereocenters. The highest BCUT2D eigenvalue weighted by atomic mass is 35.5. The molecule has 0 N–H and O–H groups in total. The van der Waals surface area contributed by atoms with Crippen molar-refractivity contribution in [1.82, 2.24) is 14.5 Å². The molecule has 0 radical (unpaired) electrons. The Hall–Kier alpha value is -2.79. The van der Waals surface area contributed by atoms with Crippen molar-refractivity contribution >= 4 is 17.5 Å². The average molecular weight is 450 g/mol. The van der Waals surface area contributed by atoms with E-state index in [1.807, 2.05) is 36.7 Å². The second kappa shape index (κ2) is 7.96. The first-order chi connectivity index (χ1) is 15.5. The molecule has 2 aromatic carbocycles. The number of carbonyl (C=O) groups excluding carboxylic acids is 1. The number of hydrogen-bond acceptors (Lipinski definition) is 3. The fourth-order valence-electron chi connectivity index (χ4n) is 5.66. The number of halogens is 1. The normalized spacial score (nSPS) is 23.8. The number of hydrogen-bond donors (Lipinski definition) is 0. The maximum Gasteiger partial charge on any atom is 0.223 e. The first kappa shape index (κ1) is 21.1. The van der Waals surface area contributed by atoms with Gasteiger partial charge in [0.05, 0.1) is 12.6 Å². The van der Waals surface area contributed by atoms with E-state index in [9.17, 15) is 4.79 Å². The van der Waals surface area contributed by atoms with E-state index in [-0.39, 0.29) is 5.91 Å². The number of benzene rings is 2. The molecule has 2 aliphatic rings. The summed E-state index contributed by atoms with van der Waals surface area (Å²) in [5, 5.41) is 0.693. The third-order valence-corrected chi connectivity index (χ3v) is 7.48. The van der Waals surface area contributed by atoms with Crippen LogP contribution < -0.4 is 4.74 Å². The highest BCUT2D eigenvalue weighted by Crippen LogP contribution is 2.50. The third-order valence-electron chi connectivity index (χ3n) is 7.23. The first-order valence-corrected chi connectivity index (χ1v) is 11.6. The van der Waals surface area contributed by atoms with Gasteiger partial charge in [0.15, 0.2) is 0 Å². The highest BCUT2D eigenvalue weighted by Gasteiger charge is 2.45. The molecule has 0 spiro atoms. The van der Waals surface area contributed by atoms with Crippen molar-refractivity contribution in [2.75, 3.05) is 7.11 Å². The zero-order valence-corrected chi connectivity index (χ0v) is 19.5. The Morgan fingerprint density at radius 1 is 1.16 bits per heavy atom. The molecular formula is C26H28ClN3O2. The largest absolute Gasteiger partial charge is 0.497 e. The van der Waals surface area contributed by atoms with Gasteiger partial charge in [-0.1, -0.05) is 29.8 Å². The van der Waals surface area contributed by atoms with Gasteiger partial charge in [-0.05, 0) is 68.5 Å². The van der Waals surface area contributed by atoms with Gasteiger partial charge >= 0.3 is 0 Å². The lowest BCUT2D eigenvalue weighted by molar-refractivity contribution is -0.133. The topological polar surface area (TPSA) is 47.4 Å². The van der Waals surface area contributed by atoms with Crippen molar-refractivity contribution in [2.45, 2.75) is 57.2 Å². The summed E-state index contributed by atoms with van der Waals surface area (Å²) < 4.78 is 7.71. The van der Waals surface area contributed by atoms with Crippen molar-refractivity contribution in [3.63, 3.8) is 0 Å². The molecule has 5 rings (SSSR count). The van der Waals surface area contributed by atoms with Gasteiger partial charge in [-0.3, -0.25) is 4.79 Å². The van der Waals surface area contributed by atoms with Crippen LogP contribution in [-0.4, -0.2) is 39.6 Å². The Balaban J connectivity index is 1.61. The highest BCUT2D eigenvalue weighted by molar-refractivity contribution is 6.30. The van der Waals surface area contributed by atoms with Crippen LogP contribution in [0, 0.1) is 0 Å². The summed E-state index contributed by atoms with van der Waals surface area (Å²) >= 11 is 6.23. The smallest absolute Gasteiger partial charge is 0.223 e. The zero-order valence-electron chi connectivity index (χ0n) is 18.7. The van der Waals surface area contributed by atoms with Crippen molar-refractivity contribution in [3.05, 3.63) is 71.0 Å². The predicted molar refractivity (Wildman–Crippen MR) is 126 cm³/mol. The van der Waals surface area contributed by atoms with E-state index in [1.54, 1.807) is 7.11 Å². The van der Waals surface area contributed by atoms with E-state index in [0.717, 1.165) is 41.1 Å². The Bertz CT molecular complexity index is 1150. The second-order valence-corrected chi connectivity index (χ2v) is 9.41. The number of carbonyl (C=O) groups is 1. The molecule has 2 aliphatic heterocycles. The van der Waals surface area contributed by atoms with E-state index in [1.165, 1.54) is 0 Å². The van der Waals surface area contributed by atoms with Crippen molar-refractivity contribution in [2.24, 2.45) is 0 Å². The van der Waals surface area contributed by atoms with Crippen LogP contribution >= 0.6 is 11.6 Å². The molecule has 0 saturated carbocycles. The molecule has 3 heterocycles. The Morgan fingerprint density at radius 3 is 2.56 bits per heavy atom. The minimum absolute atomic E-state index is 0.222. The Morgan fingerprint density at radius 2 is 1.88 bits per heavy atom. The van der Waals surface area contributed by atoms with Crippen LogP contribution in [0.5, 0.6) is 5.75 Å². The minimum atomic E-state index is -0.528. The van der Waals surface area contributed by atoms with Gasteiger partial charge < -0.3 is 14.2 Å². The molecule has 6 heteroatoms. The summed E-state index contributed by atoms with van der Waals surface area (Å²) in [6.45, 7) is 4.31. The van der Waals surface area contributed by atoms with Gasteiger partial charge in [-0.25, -0.2) is 4.98 Å². The van der Waals surface area contributed by atoms with E-state index in [4.69, 9.17) is 16.3 Å². The summed E-state index contributed by atoms with van der Waals surface area (Å²) in [4.78, 5) is 20.1. The number of methoxy groups -OCH3 is 1. The number of nitrogens with zero attached hydrogens (tertiary/aromatic N) is 3. The molecule has 3 unspecified atom stereocenters. The van der Waals surface area contributed by atoms with E-state index in [2.05, 4.69) is 46.5 Å². The second-order valence-electron chi connectivity index (χ2n) is 8.98. The first-order valence-electron chi connectivity index (χ1n) is 11.3. The zero-order chi connectivity index (χ0) is 22.5. The molecule has 1 saturated heterocycles. The van der Waals surface area contributed by atoms with Crippen LogP contribution in [0.3, 0.4) is 0 Å². The van der Waals surface area contributed by atoms with Gasteiger partial charge in [0.2, 0.25) is 5.91 Å². The molecule has 166 valence electrons. The quantitative estimate of drug-likeness (QED) is 0.517. The fraction of sp³-hybridized carbons (Fsp3) is 0.385. The molecule has 5 nitrogen and oxygen atoms in total. The van der Waals surface area contributed by atoms with E-state index < -0.39 is 5.54 Å². The third kappa shape index (κ3) is 3.14. The van der Waals surface area contributed by atoms with Gasteiger partial charge in [-0.15, -0.1) is 0 Å². The number of amides is 1. The SMILES string of the molecule is COc1ccc2c(c1)-c1nccn1C2(CCC(=O)N1C(C)CCC1C)c1ccc(Cl)cc1. The summed E-state index contributed by atoms with van der Waals surface area (Å²) in [5.74, 6) is 1.91. The number of imidazole rings is 1. The number of aromatic nitrogens is 2. The molecular weight excluding hydrogens is 422 g/mol. The van der Waals surface area contributed by atoms with Gasteiger partial charge in [0, 0.05) is 41.5 Å². The maximum absolute atomic E-state index is 13.4. The Kier molecular flexibility index (Phi) is 5.25. The van der Waals surface area contributed by atoms with E-state index in [0.29, 0.717) is 29.9 Å². The van der Waals surface area contributed by atoms with Crippen LogP contribution in [0.4, 0.5) is 0 Å². The maximum atomic E-state index is 13.4. The molecule has 1 amide bonds. The van der Waals surface area contributed by atoms with Crippen molar-refractivity contribution in [3.8, 4) is 17.1 Å². The summed E-state index contributed by atoms with van der Waals surface area (Å²) in [6.07, 6.45) is 7.09. The predicted octanol–water partition coefficient (Wildman–Crippen LogP) is 5.50. The minimum Gasteiger partial charge on any atom is -0.497 e. The summed E-state index contributed by atoms with van der Waals surface area (Å²) in [6, 6.07) is 14.7.